The van der Waals surface area contributed by atoms with Crippen LogP contribution in [0.3, 0.4) is 0 Å². The molecule has 0 atom stereocenters. The number of thiol groups is 1. The molecule has 0 fully saturated rings. The summed E-state index contributed by atoms with van der Waals surface area (Å²) in [6.45, 7) is 0. The van der Waals surface area contributed by atoms with Crippen molar-refractivity contribution in [3.63, 3.8) is 0 Å². The molecule has 2 aromatic rings. The van der Waals surface area contributed by atoms with Crippen LogP contribution in [0.1, 0.15) is 0 Å². The van der Waals surface area contributed by atoms with Crippen molar-refractivity contribution in [2.24, 2.45) is 0 Å². The molecule has 0 aliphatic carbocycles. The number of hydrogen-bond acceptors (Lipinski definition) is 5. The van der Waals surface area contributed by atoms with E-state index in [-0.39, 0.29) is 0 Å². The van der Waals surface area contributed by atoms with Crippen LogP contribution >= 0.6 is 0 Å². The molecule has 0 aliphatic heterocycles. The highest BCUT2D eigenvalue weighted by Crippen LogP contribution is 2.16. The zero-order chi connectivity index (χ0) is 12.1. The molecule has 1 aromatic carbocycles. The number of rotatable bonds is 4. The Kier molecular flexibility index (Phi) is 3.51. The van der Waals surface area contributed by atoms with E-state index in [4.69, 9.17) is 0 Å². The molecule has 6 nitrogen and oxygen atoms in total. The lowest BCUT2D eigenvalue weighted by atomic mass is 10.3. The Morgan fingerprint density at radius 1 is 1.00 bits per heavy atom. The first-order chi connectivity index (χ1) is 8.24. The van der Waals surface area contributed by atoms with Gasteiger partial charge in [-0.1, -0.05) is 0 Å². The van der Waals surface area contributed by atoms with Gasteiger partial charge in [-0.05, 0) is 30.3 Å². The molecule has 7 heteroatoms. The Hall–Kier alpha value is -2.15. The molecule has 2 rings (SSSR count). The maximum Gasteiger partial charge on any atom is 0.222 e. The van der Waals surface area contributed by atoms with E-state index in [2.05, 4.69) is 20.0 Å². The maximum atomic E-state index is 10.4. The summed E-state index contributed by atoms with van der Waals surface area (Å²) in [4.78, 5) is 7.82. The van der Waals surface area contributed by atoms with Crippen LogP contribution < -0.4 is 10.0 Å². The minimum atomic E-state index is -2.63. The summed E-state index contributed by atoms with van der Waals surface area (Å²) >= 11 is 0. The van der Waals surface area contributed by atoms with Crippen LogP contribution in [0.5, 0.6) is 0 Å². The van der Waals surface area contributed by atoms with Crippen LogP contribution in [0.15, 0.2) is 42.9 Å². The summed E-state index contributed by atoms with van der Waals surface area (Å²) in [6, 6.07) is 8.57. The van der Waals surface area contributed by atoms with E-state index in [1.807, 2.05) is 0 Å². The predicted molar refractivity (Wildman–Crippen MR) is 65.7 cm³/mol. The molecule has 0 unspecified atom stereocenters. The molecular formula is C10H10N4O2S. The van der Waals surface area contributed by atoms with Crippen LogP contribution in [-0.4, -0.2) is 18.4 Å². The Bertz CT molecular complexity index is 546. The third-order valence-corrected chi connectivity index (χ3v) is 2.40. The summed E-state index contributed by atoms with van der Waals surface area (Å²) in [5, 5.41) is 3.05. The van der Waals surface area contributed by atoms with Gasteiger partial charge < -0.3 is 5.32 Å². The molecule has 0 saturated heterocycles. The lowest BCUT2D eigenvalue weighted by molar-refractivity contribution is 0.619. The van der Waals surface area contributed by atoms with Crippen LogP contribution in [-0.2, 0) is 10.9 Å². The maximum absolute atomic E-state index is 10.4. The fraction of sp³-hybridized carbons (Fsp3) is 0. The van der Waals surface area contributed by atoms with Crippen molar-refractivity contribution in [2.45, 2.75) is 0 Å². The average molecular weight is 250 g/mol. The SMILES string of the molecule is O=[SH](=O)Nc1ccc(Nc2ccncn2)cc1. The Labute approximate surface area is 99.8 Å². The topological polar surface area (TPSA) is 84.0 Å². The van der Waals surface area contributed by atoms with Gasteiger partial charge in [0.2, 0.25) is 10.9 Å². The van der Waals surface area contributed by atoms with Gasteiger partial charge in [-0.25, -0.2) is 18.4 Å². The molecule has 0 saturated carbocycles. The molecule has 0 radical (unpaired) electrons. The largest absolute Gasteiger partial charge is 0.340 e. The average Bonchev–Trinajstić information content (AvgIpc) is 2.32. The molecule has 0 spiro atoms. The minimum absolute atomic E-state index is 0.523. The second-order valence-electron chi connectivity index (χ2n) is 3.17. The van der Waals surface area contributed by atoms with Crippen molar-refractivity contribution in [1.82, 2.24) is 9.97 Å². The third kappa shape index (κ3) is 3.42. The molecule has 0 aliphatic rings. The Morgan fingerprint density at radius 2 is 1.71 bits per heavy atom. The quantitative estimate of drug-likeness (QED) is 0.709. The van der Waals surface area contributed by atoms with Crippen LogP contribution in [0.2, 0.25) is 0 Å². The first-order valence-corrected chi connectivity index (χ1v) is 5.96. The number of nitrogens with zero attached hydrogens (tertiary/aromatic N) is 2. The van der Waals surface area contributed by atoms with E-state index < -0.39 is 10.9 Å². The van der Waals surface area contributed by atoms with Gasteiger partial charge >= 0.3 is 0 Å². The van der Waals surface area contributed by atoms with Crippen LogP contribution in [0.4, 0.5) is 17.2 Å². The predicted octanol–water partition coefficient (Wildman–Crippen LogP) is 1.16. The van der Waals surface area contributed by atoms with E-state index in [0.29, 0.717) is 11.5 Å². The second kappa shape index (κ2) is 5.26. The standard InChI is InChI=1S/C10H10N4O2S/c15-17(16)14-9-3-1-8(2-4-9)13-10-5-6-11-7-12-10/h1-7,17H,(H,11,12,13)(H,14,15,16). The number of nitrogens with one attached hydrogen (secondary N) is 2. The van der Waals surface area contributed by atoms with Gasteiger partial charge in [-0.2, -0.15) is 0 Å². The van der Waals surface area contributed by atoms with Gasteiger partial charge in [0, 0.05) is 17.6 Å². The summed E-state index contributed by atoms with van der Waals surface area (Å²) in [7, 11) is -2.63. The Balaban J connectivity index is 2.08. The molecule has 0 amide bonds. The summed E-state index contributed by atoms with van der Waals surface area (Å²) in [6.07, 6.45) is 3.08. The third-order valence-electron chi connectivity index (χ3n) is 1.96. The zero-order valence-electron chi connectivity index (χ0n) is 8.70. The molecule has 17 heavy (non-hydrogen) atoms. The molecule has 88 valence electrons. The smallest absolute Gasteiger partial charge is 0.222 e. The monoisotopic (exact) mass is 250 g/mol. The van der Waals surface area contributed by atoms with Crippen molar-refractivity contribution >= 4 is 28.1 Å². The lowest BCUT2D eigenvalue weighted by Gasteiger charge is -2.05. The number of benzene rings is 1. The first-order valence-electron chi connectivity index (χ1n) is 4.78. The van der Waals surface area contributed by atoms with Gasteiger partial charge in [-0.15, -0.1) is 0 Å². The zero-order valence-corrected chi connectivity index (χ0v) is 9.59. The van der Waals surface area contributed by atoms with Gasteiger partial charge in [0.25, 0.3) is 0 Å². The molecule has 1 heterocycles. The highest BCUT2D eigenvalue weighted by molar-refractivity contribution is 7.73. The molecule has 2 N–H and O–H groups in total. The van der Waals surface area contributed by atoms with Crippen molar-refractivity contribution in [3.8, 4) is 0 Å². The molecular weight excluding hydrogens is 240 g/mol. The highest BCUT2D eigenvalue weighted by Gasteiger charge is 1.96. The Morgan fingerprint density at radius 3 is 2.29 bits per heavy atom. The minimum Gasteiger partial charge on any atom is -0.340 e. The van der Waals surface area contributed by atoms with Crippen molar-refractivity contribution in [1.29, 1.82) is 0 Å². The van der Waals surface area contributed by atoms with Gasteiger partial charge in [-0.3, -0.25) is 4.72 Å². The first kappa shape index (κ1) is 11.3. The number of anilines is 3. The molecule has 0 bridgehead atoms. The molecule has 1 aromatic heterocycles. The van der Waals surface area contributed by atoms with Crippen molar-refractivity contribution < 1.29 is 8.42 Å². The van der Waals surface area contributed by atoms with E-state index in [1.165, 1.54) is 6.33 Å². The van der Waals surface area contributed by atoms with E-state index >= 15 is 0 Å². The summed E-state index contributed by atoms with van der Waals surface area (Å²) < 4.78 is 23.2. The summed E-state index contributed by atoms with van der Waals surface area (Å²) in [5.41, 5.74) is 1.34. The van der Waals surface area contributed by atoms with Crippen LogP contribution in [0.25, 0.3) is 0 Å². The normalized spacial score (nSPS) is 10.2. The number of aromatic nitrogens is 2. The van der Waals surface area contributed by atoms with Gasteiger partial charge in [0.1, 0.15) is 12.1 Å². The van der Waals surface area contributed by atoms with E-state index in [1.54, 1.807) is 36.5 Å². The van der Waals surface area contributed by atoms with E-state index in [9.17, 15) is 8.42 Å². The van der Waals surface area contributed by atoms with Crippen molar-refractivity contribution in [2.75, 3.05) is 10.0 Å². The lowest BCUT2D eigenvalue weighted by Crippen LogP contribution is -1.96. The number of hydrogen-bond donors (Lipinski definition) is 3. The fourth-order valence-electron chi connectivity index (χ4n) is 1.25. The van der Waals surface area contributed by atoms with Crippen LogP contribution in [0, 0.1) is 0 Å². The van der Waals surface area contributed by atoms with Gasteiger partial charge in [0.05, 0.1) is 0 Å². The van der Waals surface area contributed by atoms with Gasteiger partial charge in [0.15, 0.2) is 0 Å². The summed E-state index contributed by atoms with van der Waals surface area (Å²) in [5.74, 6) is 0.676. The highest BCUT2D eigenvalue weighted by atomic mass is 32.2. The fourth-order valence-corrected chi connectivity index (χ4v) is 1.61. The second-order valence-corrected chi connectivity index (χ2v) is 3.90. The van der Waals surface area contributed by atoms with E-state index in [0.717, 1.165) is 5.69 Å². The van der Waals surface area contributed by atoms with Crippen molar-refractivity contribution in [3.05, 3.63) is 42.9 Å².